The summed E-state index contributed by atoms with van der Waals surface area (Å²) in [4.78, 5) is 23.9. The van der Waals surface area contributed by atoms with Gasteiger partial charge in [-0.3, -0.25) is 4.79 Å². The second-order valence-electron chi connectivity index (χ2n) is 6.03. The maximum absolute atomic E-state index is 12.2. The van der Waals surface area contributed by atoms with E-state index in [1.54, 1.807) is 6.92 Å². The zero-order chi connectivity index (χ0) is 14.8. The van der Waals surface area contributed by atoms with Gasteiger partial charge in [-0.1, -0.05) is 13.3 Å². The number of hydrogen-bond donors (Lipinski definition) is 3. The summed E-state index contributed by atoms with van der Waals surface area (Å²) in [6.45, 7) is 5.38. The maximum atomic E-state index is 12.2. The van der Waals surface area contributed by atoms with E-state index in [1.807, 2.05) is 0 Å². The first kappa shape index (κ1) is 15.0. The molecule has 1 heterocycles. The molecule has 0 spiro atoms. The lowest BCUT2D eigenvalue weighted by Crippen LogP contribution is -2.57. The Morgan fingerprint density at radius 2 is 1.95 bits per heavy atom. The van der Waals surface area contributed by atoms with Gasteiger partial charge in [0.15, 0.2) is 0 Å². The molecule has 5 heteroatoms. The summed E-state index contributed by atoms with van der Waals surface area (Å²) >= 11 is 0. The van der Waals surface area contributed by atoms with Crippen molar-refractivity contribution in [2.24, 2.45) is 5.92 Å². The fraction of sp³-hybridized carbons (Fsp3) is 0.733. The van der Waals surface area contributed by atoms with E-state index in [2.05, 4.69) is 17.6 Å². The molecule has 20 heavy (non-hydrogen) atoms. The van der Waals surface area contributed by atoms with Crippen LogP contribution < -0.4 is 10.6 Å². The average molecular weight is 280 g/mol. The lowest BCUT2D eigenvalue weighted by atomic mass is 9.75. The molecule has 1 aliphatic carbocycles. The Morgan fingerprint density at radius 1 is 1.35 bits per heavy atom. The van der Waals surface area contributed by atoms with Crippen LogP contribution in [0.3, 0.4) is 0 Å². The lowest BCUT2D eigenvalue weighted by Gasteiger charge is -2.37. The van der Waals surface area contributed by atoms with Gasteiger partial charge in [0.2, 0.25) is 5.91 Å². The van der Waals surface area contributed by atoms with Gasteiger partial charge in [0.1, 0.15) is 5.54 Å². The van der Waals surface area contributed by atoms with Crippen molar-refractivity contribution in [2.45, 2.75) is 51.5 Å². The first-order valence-electron chi connectivity index (χ1n) is 7.44. The molecule has 1 saturated heterocycles. The number of amides is 1. The molecule has 0 aromatic heterocycles. The van der Waals surface area contributed by atoms with Crippen LogP contribution in [0.15, 0.2) is 11.1 Å². The molecule has 0 aromatic rings. The minimum Gasteiger partial charge on any atom is -0.480 e. The van der Waals surface area contributed by atoms with E-state index in [0.29, 0.717) is 24.3 Å². The van der Waals surface area contributed by atoms with Crippen molar-refractivity contribution in [3.05, 3.63) is 11.1 Å². The highest BCUT2D eigenvalue weighted by molar-refractivity contribution is 5.97. The van der Waals surface area contributed by atoms with E-state index in [0.717, 1.165) is 37.9 Å². The zero-order valence-corrected chi connectivity index (χ0v) is 12.3. The quantitative estimate of drug-likeness (QED) is 0.681. The van der Waals surface area contributed by atoms with Crippen molar-refractivity contribution in [3.8, 4) is 0 Å². The van der Waals surface area contributed by atoms with Crippen molar-refractivity contribution in [2.75, 3.05) is 13.1 Å². The van der Waals surface area contributed by atoms with E-state index in [1.165, 1.54) is 0 Å². The van der Waals surface area contributed by atoms with Crippen molar-refractivity contribution in [3.63, 3.8) is 0 Å². The number of carboxylic acid groups (broad SMARTS) is 1. The van der Waals surface area contributed by atoms with Gasteiger partial charge in [-0.2, -0.15) is 0 Å². The summed E-state index contributed by atoms with van der Waals surface area (Å²) in [5, 5.41) is 15.4. The number of rotatable bonds is 4. The summed E-state index contributed by atoms with van der Waals surface area (Å²) in [5.41, 5.74) is 0.675. The second-order valence-corrected chi connectivity index (χ2v) is 6.03. The van der Waals surface area contributed by atoms with E-state index in [9.17, 15) is 14.7 Å². The molecule has 0 bridgehead atoms. The van der Waals surface area contributed by atoms with Crippen molar-refractivity contribution in [1.82, 2.24) is 10.6 Å². The Morgan fingerprint density at radius 3 is 2.35 bits per heavy atom. The normalized spacial score (nSPS) is 29.5. The smallest absolute Gasteiger partial charge is 0.329 e. The molecule has 2 fully saturated rings. The molecule has 1 saturated carbocycles. The first-order valence-corrected chi connectivity index (χ1v) is 7.44. The van der Waals surface area contributed by atoms with Gasteiger partial charge in [-0.15, -0.1) is 0 Å². The molecule has 0 unspecified atom stereocenters. The van der Waals surface area contributed by atoms with Crippen LogP contribution in [0.5, 0.6) is 0 Å². The van der Waals surface area contributed by atoms with Crippen LogP contribution in [-0.2, 0) is 9.59 Å². The van der Waals surface area contributed by atoms with Gasteiger partial charge in [0.05, 0.1) is 0 Å². The van der Waals surface area contributed by atoms with Gasteiger partial charge in [-0.05, 0) is 44.1 Å². The molecule has 0 aromatic carbocycles. The lowest BCUT2D eigenvalue weighted by molar-refractivity contribution is -0.149. The van der Waals surface area contributed by atoms with Gasteiger partial charge < -0.3 is 15.7 Å². The number of nitrogens with one attached hydrogen (secondary N) is 2. The van der Waals surface area contributed by atoms with Crippen LogP contribution in [0, 0.1) is 5.92 Å². The van der Waals surface area contributed by atoms with Crippen LogP contribution in [-0.4, -0.2) is 35.6 Å². The monoisotopic (exact) mass is 280 g/mol. The molecule has 2 aliphatic rings. The predicted octanol–water partition coefficient (Wildman–Crippen LogP) is 1.45. The third kappa shape index (κ3) is 2.87. The summed E-state index contributed by atoms with van der Waals surface area (Å²) in [6.07, 6.45) is 3.90. The standard InChI is InChI=1S/C15H24N2O3/c1-3-11-4-6-15(7-5-11,14(19)20)17-13(18)10(2)12-8-16-9-12/h11,16H,3-9H2,1-2H3,(H,17,18)(H,19,20). The molecule has 2 rings (SSSR count). The maximum Gasteiger partial charge on any atom is 0.329 e. The van der Waals surface area contributed by atoms with Crippen LogP contribution in [0.4, 0.5) is 0 Å². The third-order valence-electron chi connectivity index (χ3n) is 4.85. The zero-order valence-electron chi connectivity index (χ0n) is 12.3. The van der Waals surface area contributed by atoms with E-state index in [-0.39, 0.29) is 5.91 Å². The summed E-state index contributed by atoms with van der Waals surface area (Å²) in [5.74, 6) is -0.529. The summed E-state index contributed by atoms with van der Waals surface area (Å²) in [7, 11) is 0. The largest absolute Gasteiger partial charge is 0.480 e. The number of carboxylic acids is 1. The summed E-state index contributed by atoms with van der Waals surface area (Å²) < 4.78 is 0. The minimum absolute atomic E-state index is 0.223. The van der Waals surface area contributed by atoms with Gasteiger partial charge >= 0.3 is 5.97 Å². The molecule has 1 aliphatic heterocycles. The fourth-order valence-electron chi connectivity index (χ4n) is 2.96. The Kier molecular flexibility index (Phi) is 4.48. The van der Waals surface area contributed by atoms with Gasteiger partial charge in [-0.25, -0.2) is 4.79 Å². The third-order valence-corrected chi connectivity index (χ3v) is 4.85. The van der Waals surface area contributed by atoms with E-state index >= 15 is 0 Å². The second kappa shape index (κ2) is 5.95. The topological polar surface area (TPSA) is 78.4 Å². The Bertz CT molecular complexity index is 428. The van der Waals surface area contributed by atoms with E-state index < -0.39 is 11.5 Å². The molecule has 0 atom stereocenters. The molecule has 1 amide bonds. The highest BCUT2D eigenvalue weighted by Gasteiger charge is 2.43. The molecule has 5 nitrogen and oxygen atoms in total. The minimum atomic E-state index is -1.07. The summed E-state index contributed by atoms with van der Waals surface area (Å²) in [6, 6.07) is 0. The highest BCUT2D eigenvalue weighted by Crippen LogP contribution is 2.34. The van der Waals surface area contributed by atoms with Crippen molar-refractivity contribution >= 4 is 11.9 Å². The Balaban J connectivity index is 2.06. The molecule has 3 N–H and O–H groups in total. The number of carbonyl (C=O) groups excluding carboxylic acids is 1. The highest BCUT2D eigenvalue weighted by atomic mass is 16.4. The molecule has 112 valence electrons. The van der Waals surface area contributed by atoms with Crippen LogP contribution in [0.2, 0.25) is 0 Å². The average Bonchev–Trinajstić information content (AvgIpc) is 2.37. The SMILES string of the molecule is CCC1CCC(NC(=O)C(C)=C2CNC2)(C(=O)O)CC1. The number of aliphatic carboxylic acids is 1. The van der Waals surface area contributed by atoms with Crippen molar-refractivity contribution < 1.29 is 14.7 Å². The van der Waals surface area contributed by atoms with Gasteiger partial charge in [0.25, 0.3) is 0 Å². The van der Waals surface area contributed by atoms with E-state index in [4.69, 9.17) is 0 Å². The predicted molar refractivity (Wildman–Crippen MR) is 76.3 cm³/mol. The number of hydrogen-bond acceptors (Lipinski definition) is 3. The molecule has 0 radical (unpaired) electrons. The first-order chi connectivity index (χ1) is 9.48. The number of carbonyl (C=O) groups is 2. The molecular weight excluding hydrogens is 256 g/mol. The Hall–Kier alpha value is -1.36. The fourth-order valence-corrected chi connectivity index (χ4v) is 2.96. The van der Waals surface area contributed by atoms with Crippen LogP contribution in [0.25, 0.3) is 0 Å². The molecular formula is C15H24N2O3. The van der Waals surface area contributed by atoms with Crippen LogP contribution in [0.1, 0.15) is 46.0 Å². The van der Waals surface area contributed by atoms with Crippen molar-refractivity contribution in [1.29, 1.82) is 0 Å². The van der Waals surface area contributed by atoms with Gasteiger partial charge in [0, 0.05) is 18.7 Å². The van der Waals surface area contributed by atoms with Crippen LogP contribution >= 0.6 is 0 Å². The Labute approximate surface area is 119 Å².